The largest absolute Gasteiger partial charge is 0.467 e. The van der Waals surface area contributed by atoms with Crippen molar-refractivity contribution in [2.24, 2.45) is 0 Å². The van der Waals surface area contributed by atoms with E-state index in [2.05, 4.69) is 17.4 Å². The number of thioether (sulfide) groups is 1. The van der Waals surface area contributed by atoms with Crippen molar-refractivity contribution in [2.45, 2.75) is 30.5 Å². The molecule has 0 saturated carbocycles. The van der Waals surface area contributed by atoms with Crippen LogP contribution in [0, 0.1) is 6.92 Å². The number of amides is 1. The maximum absolute atomic E-state index is 11.9. The highest BCUT2D eigenvalue weighted by Gasteiger charge is 2.14. The van der Waals surface area contributed by atoms with Gasteiger partial charge in [0.15, 0.2) is 0 Å². The summed E-state index contributed by atoms with van der Waals surface area (Å²) in [5, 5.41) is 2.74. The summed E-state index contributed by atoms with van der Waals surface area (Å²) >= 11 is 1.55. The predicted molar refractivity (Wildman–Crippen MR) is 77.1 cm³/mol. The van der Waals surface area contributed by atoms with Gasteiger partial charge < -0.3 is 9.73 Å². The van der Waals surface area contributed by atoms with Crippen molar-refractivity contribution in [1.82, 2.24) is 5.32 Å². The average molecular weight is 275 g/mol. The van der Waals surface area contributed by atoms with Gasteiger partial charge in [0, 0.05) is 4.90 Å². The van der Waals surface area contributed by atoms with Crippen molar-refractivity contribution in [3.63, 3.8) is 0 Å². The van der Waals surface area contributed by atoms with Crippen LogP contribution in [-0.2, 0) is 11.3 Å². The molecule has 1 N–H and O–H groups in total. The molecule has 1 atom stereocenters. The van der Waals surface area contributed by atoms with E-state index in [1.54, 1.807) is 18.0 Å². The molecule has 1 heterocycles. The normalized spacial score (nSPS) is 12.1. The highest BCUT2D eigenvalue weighted by atomic mass is 32.2. The average Bonchev–Trinajstić information content (AvgIpc) is 2.91. The van der Waals surface area contributed by atoms with Crippen LogP contribution in [0.25, 0.3) is 0 Å². The lowest BCUT2D eigenvalue weighted by molar-refractivity contribution is -0.120. The third-order valence-electron chi connectivity index (χ3n) is 2.72. The van der Waals surface area contributed by atoms with Gasteiger partial charge in [0.05, 0.1) is 18.1 Å². The molecule has 1 aromatic heterocycles. The highest BCUT2D eigenvalue weighted by molar-refractivity contribution is 8.00. The number of aryl methyl sites for hydroxylation is 1. The van der Waals surface area contributed by atoms with Crippen LogP contribution in [-0.4, -0.2) is 11.2 Å². The van der Waals surface area contributed by atoms with E-state index in [9.17, 15) is 4.79 Å². The zero-order valence-electron chi connectivity index (χ0n) is 11.1. The van der Waals surface area contributed by atoms with Crippen molar-refractivity contribution in [1.29, 1.82) is 0 Å². The van der Waals surface area contributed by atoms with Crippen molar-refractivity contribution in [3.8, 4) is 0 Å². The van der Waals surface area contributed by atoms with Gasteiger partial charge in [0.2, 0.25) is 5.91 Å². The van der Waals surface area contributed by atoms with Crippen molar-refractivity contribution < 1.29 is 9.21 Å². The van der Waals surface area contributed by atoms with Crippen molar-refractivity contribution in [2.75, 3.05) is 0 Å². The van der Waals surface area contributed by atoms with Gasteiger partial charge >= 0.3 is 0 Å². The fourth-order valence-electron chi connectivity index (χ4n) is 1.61. The van der Waals surface area contributed by atoms with Crippen LogP contribution >= 0.6 is 11.8 Å². The Bertz CT molecular complexity index is 520. The molecular weight excluding hydrogens is 258 g/mol. The molecule has 0 radical (unpaired) electrons. The minimum Gasteiger partial charge on any atom is -0.467 e. The molecule has 2 rings (SSSR count). The fraction of sp³-hybridized carbons (Fsp3) is 0.267. The van der Waals surface area contributed by atoms with Crippen molar-refractivity contribution in [3.05, 3.63) is 54.0 Å². The van der Waals surface area contributed by atoms with Crippen LogP contribution in [0.2, 0.25) is 0 Å². The molecule has 0 aliphatic carbocycles. The number of nitrogens with one attached hydrogen (secondary N) is 1. The van der Waals surface area contributed by atoms with Gasteiger partial charge in [-0.25, -0.2) is 0 Å². The van der Waals surface area contributed by atoms with E-state index in [1.165, 1.54) is 5.56 Å². The van der Waals surface area contributed by atoms with E-state index in [1.807, 2.05) is 38.1 Å². The van der Waals surface area contributed by atoms with Crippen molar-refractivity contribution >= 4 is 17.7 Å². The van der Waals surface area contributed by atoms with Gasteiger partial charge in [-0.3, -0.25) is 4.79 Å². The van der Waals surface area contributed by atoms with Gasteiger partial charge in [-0.1, -0.05) is 17.7 Å². The summed E-state index contributed by atoms with van der Waals surface area (Å²) in [6.45, 7) is 4.39. The van der Waals surface area contributed by atoms with Crippen LogP contribution < -0.4 is 5.32 Å². The molecule has 1 amide bonds. The molecule has 4 heteroatoms. The summed E-state index contributed by atoms with van der Waals surface area (Å²) in [7, 11) is 0. The summed E-state index contributed by atoms with van der Waals surface area (Å²) < 4.78 is 5.17. The number of hydrogen-bond donors (Lipinski definition) is 1. The Hall–Kier alpha value is -1.68. The number of carbonyl (C=O) groups is 1. The first-order valence-corrected chi connectivity index (χ1v) is 7.06. The van der Waals surface area contributed by atoms with Crippen LogP contribution in [0.3, 0.4) is 0 Å². The minimum absolute atomic E-state index is 0.0157. The topological polar surface area (TPSA) is 42.2 Å². The SMILES string of the molecule is Cc1ccc(S[C@@H](C)C(=O)NCc2ccco2)cc1. The van der Waals surface area contributed by atoms with Crippen LogP contribution in [0.1, 0.15) is 18.2 Å². The van der Waals surface area contributed by atoms with Gasteiger partial charge in [-0.2, -0.15) is 0 Å². The molecule has 0 bridgehead atoms. The quantitative estimate of drug-likeness (QED) is 0.851. The Kier molecular flexibility index (Phi) is 4.68. The van der Waals surface area contributed by atoms with Gasteiger partial charge in [-0.15, -0.1) is 11.8 Å². The second kappa shape index (κ2) is 6.48. The standard InChI is InChI=1S/C15H17NO2S/c1-11-5-7-14(8-6-11)19-12(2)15(17)16-10-13-4-3-9-18-13/h3-9,12H,10H2,1-2H3,(H,16,17)/t12-/m0/s1. The van der Waals surface area contributed by atoms with Crippen LogP contribution in [0.15, 0.2) is 52.0 Å². The smallest absolute Gasteiger partial charge is 0.233 e. The summed E-state index contributed by atoms with van der Waals surface area (Å²) in [5.74, 6) is 0.780. The Morgan fingerprint density at radius 2 is 2.05 bits per heavy atom. The third kappa shape index (κ3) is 4.17. The molecular formula is C15H17NO2S. The Morgan fingerprint density at radius 1 is 1.32 bits per heavy atom. The molecule has 100 valence electrons. The highest BCUT2D eigenvalue weighted by Crippen LogP contribution is 2.23. The summed E-state index contributed by atoms with van der Waals surface area (Å²) in [6, 6.07) is 11.8. The monoisotopic (exact) mass is 275 g/mol. The summed E-state index contributed by atoms with van der Waals surface area (Å²) in [4.78, 5) is 13.0. The lowest BCUT2D eigenvalue weighted by atomic mass is 10.2. The molecule has 0 saturated heterocycles. The van der Waals surface area contributed by atoms with E-state index >= 15 is 0 Å². The zero-order chi connectivity index (χ0) is 13.7. The third-order valence-corrected chi connectivity index (χ3v) is 3.83. The molecule has 0 aliphatic rings. The second-order valence-corrected chi connectivity index (χ2v) is 5.78. The molecule has 0 aliphatic heterocycles. The maximum atomic E-state index is 11.9. The molecule has 0 spiro atoms. The molecule has 2 aromatic rings. The zero-order valence-corrected chi connectivity index (χ0v) is 11.9. The van der Waals surface area contributed by atoms with E-state index < -0.39 is 0 Å². The Balaban J connectivity index is 1.83. The molecule has 19 heavy (non-hydrogen) atoms. The number of rotatable bonds is 5. The first-order valence-electron chi connectivity index (χ1n) is 6.18. The number of furan rings is 1. The Labute approximate surface area is 117 Å². The molecule has 1 aromatic carbocycles. The fourth-order valence-corrected chi connectivity index (χ4v) is 2.50. The molecule has 0 fully saturated rings. The number of hydrogen-bond acceptors (Lipinski definition) is 3. The van der Waals surface area contributed by atoms with Gasteiger partial charge in [0.25, 0.3) is 0 Å². The lowest BCUT2D eigenvalue weighted by Gasteiger charge is -2.11. The summed E-state index contributed by atoms with van der Waals surface area (Å²) in [6.07, 6.45) is 1.60. The summed E-state index contributed by atoms with van der Waals surface area (Å²) in [5.41, 5.74) is 1.22. The van der Waals surface area contributed by atoms with E-state index in [4.69, 9.17) is 4.42 Å². The number of benzene rings is 1. The Morgan fingerprint density at radius 3 is 2.68 bits per heavy atom. The van der Waals surface area contributed by atoms with E-state index in [0.29, 0.717) is 6.54 Å². The number of carbonyl (C=O) groups excluding carboxylic acids is 1. The predicted octanol–water partition coefficient (Wildman–Crippen LogP) is 3.39. The minimum atomic E-state index is -0.127. The molecule has 3 nitrogen and oxygen atoms in total. The second-order valence-electron chi connectivity index (χ2n) is 4.37. The first-order chi connectivity index (χ1) is 9.15. The van der Waals surface area contributed by atoms with Crippen LogP contribution in [0.4, 0.5) is 0 Å². The van der Waals surface area contributed by atoms with Gasteiger partial charge in [0.1, 0.15) is 5.76 Å². The van der Waals surface area contributed by atoms with E-state index in [0.717, 1.165) is 10.7 Å². The first kappa shape index (κ1) is 13.7. The lowest BCUT2D eigenvalue weighted by Crippen LogP contribution is -2.30. The molecule has 0 unspecified atom stereocenters. The van der Waals surface area contributed by atoms with Crippen LogP contribution in [0.5, 0.6) is 0 Å². The maximum Gasteiger partial charge on any atom is 0.233 e. The van der Waals surface area contributed by atoms with Gasteiger partial charge in [-0.05, 0) is 38.1 Å². The van der Waals surface area contributed by atoms with E-state index in [-0.39, 0.29) is 11.2 Å².